The van der Waals surface area contributed by atoms with E-state index in [9.17, 15) is 0 Å². The number of hydrogen-bond donors (Lipinski definition) is 2. The Hall–Kier alpha value is -1.30. The molecule has 0 radical (unpaired) electrons. The Kier molecular flexibility index (Phi) is 3.28. The summed E-state index contributed by atoms with van der Waals surface area (Å²) >= 11 is 5.93. The van der Waals surface area contributed by atoms with Gasteiger partial charge in [-0.25, -0.2) is 5.43 Å². The third-order valence-electron chi connectivity index (χ3n) is 2.47. The summed E-state index contributed by atoms with van der Waals surface area (Å²) in [5, 5.41) is 4.53. The molecule has 2 aromatic heterocycles. The Balaban J connectivity index is 2.40. The number of halogens is 1. The highest BCUT2D eigenvalue weighted by Crippen LogP contribution is 2.28. The molecule has 0 fully saturated rings. The first kappa shape index (κ1) is 11.2. The fourth-order valence-corrected chi connectivity index (χ4v) is 1.92. The van der Waals surface area contributed by atoms with Crippen LogP contribution in [0.2, 0.25) is 5.22 Å². The quantitative estimate of drug-likeness (QED) is 0.631. The topological polar surface area (TPSA) is 69.0 Å². The molecule has 0 aliphatic heterocycles. The predicted octanol–water partition coefficient (Wildman–Crippen LogP) is 1.70. The highest BCUT2D eigenvalue weighted by molar-refractivity contribution is 6.29. The maximum Gasteiger partial charge on any atom is 0.198 e. The van der Waals surface area contributed by atoms with Crippen molar-refractivity contribution >= 4 is 11.6 Å². The van der Waals surface area contributed by atoms with Gasteiger partial charge in [-0.1, -0.05) is 0 Å². The van der Waals surface area contributed by atoms with E-state index in [1.165, 1.54) is 6.26 Å². The normalized spacial score (nSPS) is 12.9. The summed E-state index contributed by atoms with van der Waals surface area (Å²) in [6.07, 6.45) is 3.27. The van der Waals surface area contributed by atoms with E-state index in [0.29, 0.717) is 5.22 Å². The van der Waals surface area contributed by atoms with E-state index in [4.69, 9.17) is 21.9 Å². The molecule has 0 saturated heterocycles. The van der Waals surface area contributed by atoms with Crippen LogP contribution in [0.3, 0.4) is 0 Å². The van der Waals surface area contributed by atoms with Crippen LogP contribution < -0.4 is 11.3 Å². The number of nitrogens with one attached hydrogen (secondary N) is 1. The molecule has 16 heavy (non-hydrogen) atoms. The molecule has 0 aliphatic carbocycles. The van der Waals surface area contributed by atoms with Crippen molar-refractivity contribution in [1.82, 2.24) is 15.2 Å². The molecule has 0 bridgehead atoms. The fourth-order valence-electron chi connectivity index (χ4n) is 1.70. The van der Waals surface area contributed by atoms with Gasteiger partial charge in [-0.3, -0.25) is 10.5 Å². The molecule has 2 heterocycles. The minimum atomic E-state index is -0.214. The Bertz CT molecular complexity index is 465. The van der Waals surface area contributed by atoms with Gasteiger partial charge < -0.3 is 4.42 Å². The van der Waals surface area contributed by atoms with Crippen molar-refractivity contribution in [2.24, 2.45) is 5.84 Å². The first-order valence-electron chi connectivity index (χ1n) is 4.98. The monoisotopic (exact) mass is 240 g/mol. The molecule has 0 aliphatic rings. The molecule has 3 N–H and O–H groups in total. The van der Waals surface area contributed by atoms with Gasteiger partial charge in [0.25, 0.3) is 0 Å². The average molecular weight is 241 g/mol. The summed E-state index contributed by atoms with van der Waals surface area (Å²) in [6.45, 7) is 2.79. The zero-order valence-corrected chi connectivity index (χ0v) is 9.61. The molecule has 6 heteroatoms. The van der Waals surface area contributed by atoms with Crippen LogP contribution in [0.1, 0.15) is 24.2 Å². The SMILES string of the molecule is CCn1nccc1C(NN)c1ccoc1Cl. The van der Waals surface area contributed by atoms with Crippen molar-refractivity contribution in [3.8, 4) is 0 Å². The number of hydrogen-bond acceptors (Lipinski definition) is 4. The molecule has 1 unspecified atom stereocenters. The number of furan rings is 1. The molecular weight excluding hydrogens is 228 g/mol. The van der Waals surface area contributed by atoms with E-state index >= 15 is 0 Å². The summed E-state index contributed by atoms with van der Waals surface area (Å²) in [6, 6.07) is 3.48. The first-order valence-corrected chi connectivity index (χ1v) is 5.36. The second-order valence-corrected chi connectivity index (χ2v) is 3.66. The third-order valence-corrected chi connectivity index (χ3v) is 2.78. The Morgan fingerprint density at radius 1 is 1.62 bits per heavy atom. The summed E-state index contributed by atoms with van der Waals surface area (Å²) in [4.78, 5) is 0. The van der Waals surface area contributed by atoms with E-state index in [1.807, 2.05) is 17.7 Å². The van der Waals surface area contributed by atoms with Crippen molar-refractivity contribution in [3.05, 3.63) is 41.1 Å². The molecular formula is C10H13ClN4O. The highest BCUT2D eigenvalue weighted by atomic mass is 35.5. The molecule has 0 saturated carbocycles. The number of nitrogens with zero attached hydrogens (tertiary/aromatic N) is 2. The van der Waals surface area contributed by atoms with Crippen molar-refractivity contribution in [1.29, 1.82) is 0 Å². The second kappa shape index (κ2) is 4.69. The van der Waals surface area contributed by atoms with Crippen LogP contribution in [0.25, 0.3) is 0 Å². The summed E-state index contributed by atoms with van der Waals surface area (Å²) in [7, 11) is 0. The second-order valence-electron chi connectivity index (χ2n) is 3.32. The van der Waals surface area contributed by atoms with Gasteiger partial charge in [-0.2, -0.15) is 5.10 Å². The van der Waals surface area contributed by atoms with Gasteiger partial charge in [0, 0.05) is 18.3 Å². The van der Waals surface area contributed by atoms with Crippen LogP contribution in [-0.2, 0) is 6.54 Å². The average Bonchev–Trinajstić information content (AvgIpc) is 2.90. The number of rotatable bonds is 4. The van der Waals surface area contributed by atoms with Crippen molar-refractivity contribution in [3.63, 3.8) is 0 Å². The van der Waals surface area contributed by atoms with Gasteiger partial charge in [-0.15, -0.1) is 0 Å². The standard InChI is InChI=1S/C10H13ClN4O/c1-2-15-8(3-5-13-15)9(14-12)7-4-6-16-10(7)11/h3-6,9,14H,2,12H2,1H3. The Morgan fingerprint density at radius 3 is 3.00 bits per heavy atom. The number of nitrogens with two attached hydrogens (primary N) is 1. The van der Waals surface area contributed by atoms with Gasteiger partial charge >= 0.3 is 0 Å². The van der Waals surface area contributed by atoms with Gasteiger partial charge in [0.05, 0.1) is 18.0 Å². The predicted molar refractivity (Wildman–Crippen MR) is 60.8 cm³/mol. The van der Waals surface area contributed by atoms with Crippen LogP contribution in [0.5, 0.6) is 0 Å². The maximum atomic E-state index is 5.93. The Labute approximate surface area is 98.1 Å². The van der Waals surface area contributed by atoms with E-state index < -0.39 is 0 Å². The molecule has 1 atom stereocenters. The fraction of sp³-hybridized carbons (Fsp3) is 0.300. The van der Waals surface area contributed by atoms with E-state index in [2.05, 4.69) is 10.5 Å². The van der Waals surface area contributed by atoms with Crippen molar-refractivity contribution in [2.45, 2.75) is 19.5 Å². The molecule has 0 amide bonds. The molecule has 2 aromatic rings. The van der Waals surface area contributed by atoms with Crippen LogP contribution in [0.4, 0.5) is 0 Å². The lowest BCUT2D eigenvalue weighted by molar-refractivity contribution is 0.528. The zero-order valence-electron chi connectivity index (χ0n) is 8.85. The number of aromatic nitrogens is 2. The van der Waals surface area contributed by atoms with Gasteiger partial charge in [0.2, 0.25) is 0 Å². The number of aryl methyl sites for hydroxylation is 1. The minimum absolute atomic E-state index is 0.214. The molecule has 2 rings (SSSR count). The lowest BCUT2D eigenvalue weighted by Crippen LogP contribution is -2.30. The van der Waals surface area contributed by atoms with E-state index in [0.717, 1.165) is 17.8 Å². The zero-order chi connectivity index (χ0) is 11.5. The van der Waals surface area contributed by atoms with E-state index in [1.54, 1.807) is 12.3 Å². The lowest BCUT2D eigenvalue weighted by atomic mass is 10.1. The van der Waals surface area contributed by atoms with Crippen molar-refractivity contribution in [2.75, 3.05) is 0 Å². The van der Waals surface area contributed by atoms with Gasteiger partial charge in [0.15, 0.2) is 5.22 Å². The van der Waals surface area contributed by atoms with Crippen molar-refractivity contribution < 1.29 is 4.42 Å². The summed E-state index contributed by atoms with van der Waals surface area (Å²) in [5.74, 6) is 5.56. The maximum absolute atomic E-state index is 5.93. The molecule has 0 spiro atoms. The minimum Gasteiger partial charge on any atom is -0.453 e. The first-order chi connectivity index (χ1) is 7.77. The number of hydrazine groups is 1. The molecule has 5 nitrogen and oxygen atoms in total. The molecule has 0 aromatic carbocycles. The Morgan fingerprint density at radius 2 is 2.44 bits per heavy atom. The lowest BCUT2D eigenvalue weighted by Gasteiger charge is -2.15. The van der Waals surface area contributed by atoms with Crippen LogP contribution in [0, 0.1) is 0 Å². The van der Waals surface area contributed by atoms with E-state index in [-0.39, 0.29) is 6.04 Å². The third kappa shape index (κ3) is 1.84. The van der Waals surface area contributed by atoms with Gasteiger partial charge in [0.1, 0.15) is 0 Å². The summed E-state index contributed by atoms with van der Waals surface area (Å²) < 4.78 is 6.91. The largest absolute Gasteiger partial charge is 0.453 e. The van der Waals surface area contributed by atoms with Crippen LogP contribution >= 0.6 is 11.6 Å². The van der Waals surface area contributed by atoms with Gasteiger partial charge in [-0.05, 0) is 30.7 Å². The van der Waals surface area contributed by atoms with Crippen LogP contribution in [0.15, 0.2) is 29.0 Å². The highest BCUT2D eigenvalue weighted by Gasteiger charge is 2.20. The smallest absolute Gasteiger partial charge is 0.198 e. The van der Waals surface area contributed by atoms with Crippen LogP contribution in [-0.4, -0.2) is 9.78 Å². The summed E-state index contributed by atoms with van der Waals surface area (Å²) in [5.41, 5.74) is 4.47. The molecule has 86 valence electrons.